The van der Waals surface area contributed by atoms with E-state index in [9.17, 15) is 13.2 Å². The van der Waals surface area contributed by atoms with Crippen molar-refractivity contribution in [3.05, 3.63) is 53.0 Å². The molecule has 156 valence electrons. The topological polar surface area (TPSA) is 76.2 Å². The molecule has 2 aromatic rings. The summed E-state index contributed by atoms with van der Waals surface area (Å²) in [5.74, 6) is 1.04. The molecule has 9 heteroatoms. The van der Waals surface area contributed by atoms with Gasteiger partial charge >= 0.3 is 0 Å². The first-order valence-corrected chi connectivity index (χ1v) is 11.4. The van der Waals surface area contributed by atoms with Gasteiger partial charge in [0.2, 0.25) is 10.0 Å². The van der Waals surface area contributed by atoms with Crippen LogP contribution in [0.1, 0.15) is 6.92 Å². The lowest BCUT2D eigenvalue weighted by Crippen LogP contribution is -2.53. The maximum Gasteiger partial charge on any atom is 0.263 e. The molecule has 0 N–H and O–H groups in total. The van der Waals surface area contributed by atoms with Crippen molar-refractivity contribution in [2.45, 2.75) is 17.9 Å². The molecule has 1 saturated heterocycles. The van der Waals surface area contributed by atoms with Crippen molar-refractivity contribution in [3.8, 4) is 11.5 Å². The molecule has 1 heterocycles. The highest BCUT2D eigenvalue weighted by Crippen LogP contribution is 2.22. The van der Waals surface area contributed by atoms with Gasteiger partial charge in [-0.05, 0) is 55.5 Å². The fraction of sp³-hybridized carbons (Fsp3) is 0.350. The number of hydrogen-bond donors (Lipinski definition) is 0. The van der Waals surface area contributed by atoms with Crippen LogP contribution in [0.4, 0.5) is 0 Å². The van der Waals surface area contributed by atoms with Crippen molar-refractivity contribution in [2.24, 2.45) is 0 Å². The van der Waals surface area contributed by atoms with Gasteiger partial charge in [-0.3, -0.25) is 4.79 Å². The van der Waals surface area contributed by atoms with Crippen LogP contribution in [0.5, 0.6) is 11.5 Å². The van der Waals surface area contributed by atoms with Gasteiger partial charge in [-0.25, -0.2) is 8.42 Å². The molecule has 1 aliphatic heterocycles. The number of benzene rings is 2. The minimum Gasteiger partial charge on any atom is -0.497 e. The molecule has 0 unspecified atom stereocenters. The predicted octanol–water partition coefficient (Wildman–Crippen LogP) is 2.76. The Morgan fingerprint density at radius 1 is 0.966 bits per heavy atom. The number of amides is 1. The van der Waals surface area contributed by atoms with Crippen LogP contribution < -0.4 is 9.47 Å². The number of hydrogen-bond acceptors (Lipinski definition) is 5. The van der Waals surface area contributed by atoms with Crippen molar-refractivity contribution in [1.29, 1.82) is 0 Å². The van der Waals surface area contributed by atoms with Crippen molar-refractivity contribution >= 4 is 31.9 Å². The van der Waals surface area contributed by atoms with Gasteiger partial charge in [-0.2, -0.15) is 4.31 Å². The second-order valence-electron chi connectivity index (χ2n) is 6.62. The quantitative estimate of drug-likeness (QED) is 0.632. The Bertz CT molecular complexity index is 940. The lowest BCUT2D eigenvalue weighted by molar-refractivity contribution is -0.139. The van der Waals surface area contributed by atoms with Crippen LogP contribution >= 0.6 is 15.9 Å². The highest BCUT2D eigenvalue weighted by Gasteiger charge is 2.32. The molecule has 0 saturated carbocycles. The smallest absolute Gasteiger partial charge is 0.263 e. The number of piperazine rings is 1. The van der Waals surface area contributed by atoms with Gasteiger partial charge in [0, 0.05) is 30.7 Å². The van der Waals surface area contributed by atoms with E-state index in [1.54, 1.807) is 36.1 Å². The van der Waals surface area contributed by atoms with Gasteiger partial charge in [0.05, 0.1) is 12.0 Å². The molecule has 3 rings (SSSR count). The monoisotopic (exact) mass is 482 g/mol. The van der Waals surface area contributed by atoms with Gasteiger partial charge in [0.15, 0.2) is 6.10 Å². The molecule has 0 aromatic heterocycles. The van der Waals surface area contributed by atoms with Crippen molar-refractivity contribution in [3.63, 3.8) is 0 Å². The highest BCUT2D eigenvalue weighted by atomic mass is 79.9. The van der Waals surface area contributed by atoms with Crippen LogP contribution in [0.25, 0.3) is 0 Å². The number of sulfonamides is 1. The van der Waals surface area contributed by atoms with Gasteiger partial charge < -0.3 is 14.4 Å². The summed E-state index contributed by atoms with van der Waals surface area (Å²) in [6.45, 7) is 2.82. The fourth-order valence-corrected chi connectivity index (χ4v) is 4.76. The number of carbonyl (C=O) groups is 1. The summed E-state index contributed by atoms with van der Waals surface area (Å²) in [5, 5.41) is 0. The molecule has 1 fully saturated rings. The normalized spacial score (nSPS) is 16.3. The highest BCUT2D eigenvalue weighted by molar-refractivity contribution is 9.10. The Balaban J connectivity index is 1.58. The van der Waals surface area contributed by atoms with Crippen LogP contribution in [0, 0.1) is 0 Å². The van der Waals surface area contributed by atoms with Gasteiger partial charge in [0.25, 0.3) is 5.91 Å². The molecule has 1 aliphatic rings. The average molecular weight is 483 g/mol. The largest absolute Gasteiger partial charge is 0.497 e. The van der Waals surface area contributed by atoms with Crippen LogP contribution in [-0.2, 0) is 14.8 Å². The lowest BCUT2D eigenvalue weighted by atomic mass is 10.3. The summed E-state index contributed by atoms with van der Waals surface area (Å²) < 4.78 is 38.8. The Kier molecular flexibility index (Phi) is 6.81. The van der Waals surface area contributed by atoms with Crippen molar-refractivity contribution < 1.29 is 22.7 Å². The van der Waals surface area contributed by atoms with E-state index >= 15 is 0 Å². The number of methoxy groups -OCH3 is 1. The zero-order valence-corrected chi connectivity index (χ0v) is 18.6. The summed E-state index contributed by atoms with van der Waals surface area (Å²) in [6, 6.07) is 13.5. The van der Waals surface area contributed by atoms with Crippen molar-refractivity contribution in [2.75, 3.05) is 33.3 Å². The maximum atomic E-state index is 12.8. The number of carbonyl (C=O) groups excluding carboxylic acids is 1. The Hall–Kier alpha value is -2.10. The molecular formula is C20H23BrN2O5S. The second kappa shape index (κ2) is 9.15. The molecule has 0 aliphatic carbocycles. The molecular weight excluding hydrogens is 460 g/mol. The Labute approximate surface area is 179 Å². The SMILES string of the molecule is COc1ccc(S(=O)(=O)N2CCN(C(=O)[C@H](C)Oc3ccc(Br)cc3)CC2)cc1. The minimum absolute atomic E-state index is 0.158. The van der Waals surface area contributed by atoms with Crippen molar-refractivity contribution in [1.82, 2.24) is 9.21 Å². The molecule has 1 atom stereocenters. The predicted molar refractivity (Wildman–Crippen MR) is 113 cm³/mol. The number of halogens is 1. The van der Waals surface area contributed by atoms with E-state index in [4.69, 9.17) is 9.47 Å². The second-order valence-corrected chi connectivity index (χ2v) is 9.47. The molecule has 0 spiro atoms. The molecule has 0 radical (unpaired) electrons. The third kappa shape index (κ3) is 5.09. The molecule has 0 bridgehead atoms. The maximum absolute atomic E-state index is 12.8. The number of ether oxygens (including phenoxy) is 2. The zero-order chi connectivity index (χ0) is 21.0. The van der Waals surface area contributed by atoms with Gasteiger partial charge in [-0.1, -0.05) is 15.9 Å². The van der Waals surface area contributed by atoms with Gasteiger partial charge in [-0.15, -0.1) is 0 Å². The third-order valence-corrected chi connectivity index (χ3v) is 7.16. The molecule has 29 heavy (non-hydrogen) atoms. The fourth-order valence-electron chi connectivity index (χ4n) is 3.07. The third-order valence-electron chi connectivity index (χ3n) is 4.72. The first-order chi connectivity index (χ1) is 13.8. The summed E-state index contributed by atoms with van der Waals surface area (Å²) in [6.07, 6.45) is -0.652. The van der Waals surface area contributed by atoms with Crippen LogP contribution in [-0.4, -0.2) is 62.9 Å². The minimum atomic E-state index is -3.60. The Morgan fingerprint density at radius 3 is 2.07 bits per heavy atom. The number of rotatable bonds is 6. The molecule has 1 amide bonds. The van der Waals surface area contributed by atoms with Crippen LogP contribution in [0.2, 0.25) is 0 Å². The zero-order valence-electron chi connectivity index (χ0n) is 16.2. The standard InChI is InChI=1S/C20H23BrN2O5S/c1-15(28-18-5-3-16(21)4-6-18)20(24)22-11-13-23(14-12-22)29(25,26)19-9-7-17(27-2)8-10-19/h3-10,15H,11-14H2,1-2H3/t15-/m0/s1. The van der Waals surface area contributed by atoms with E-state index < -0.39 is 16.1 Å². The lowest BCUT2D eigenvalue weighted by Gasteiger charge is -2.35. The van der Waals surface area contributed by atoms with Crippen LogP contribution in [0.3, 0.4) is 0 Å². The van der Waals surface area contributed by atoms with E-state index in [1.807, 2.05) is 12.1 Å². The summed E-state index contributed by atoms with van der Waals surface area (Å²) >= 11 is 3.36. The first kappa shape index (κ1) is 21.6. The van der Waals surface area contributed by atoms with Gasteiger partial charge in [0.1, 0.15) is 11.5 Å². The van der Waals surface area contributed by atoms with E-state index in [1.165, 1.54) is 23.5 Å². The molecule has 7 nitrogen and oxygen atoms in total. The summed E-state index contributed by atoms with van der Waals surface area (Å²) in [4.78, 5) is 14.5. The van der Waals surface area contributed by atoms with E-state index in [2.05, 4.69) is 15.9 Å². The number of nitrogens with zero attached hydrogens (tertiary/aromatic N) is 2. The first-order valence-electron chi connectivity index (χ1n) is 9.16. The summed E-state index contributed by atoms with van der Waals surface area (Å²) in [7, 11) is -2.08. The Morgan fingerprint density at radius 2 is 1.52 bits per heavy atom. The molecule has 2 aromatic carbocycles. The van der Waals surface area contributed by atoms with E-state index in [0.29, 0.717) is 24.6 Å². The summed E-state index contributed by atoms with van der Waals surface area (Å²) in [5.41, 5.74) is 0. The van der Waals surface area contributed by atoms with E-state index in [0.717, 1.165) is 4.47 Å². The average Bonchev–Trinajstić information content (AvgIpc) is 2.75. The van der Waals surface area contributed by atoms with Crippen LogP contribution in [0.15, 0.2) is 57.9 Å². The van der Waals surface area contributed by atoms with E-state index in [-0.39, 0.29) is 23.9 Å².